The van der Waals surface area contributed by atoms with Crippen molar-refractivity contribution < 1.29 is 5.11 Å². The van der Waals surface area contributed by atoms with Gasteiger partial charge in [-0.15, -0.1) is 0 Å². The van der Waals surface area contributed by atoms with Gasteiger partial charge in [-0.2, -0.15) is 0 Å². The average Bonchev–Trinajstić information content (AvgIpc) is 2.76. The summed E-state index contributed by atoms with van der Waals surface area (Å²) >= 11 is 0. The number of hydrogen-bond donors (Lipinski definition) is 2. The van der Waals surface area contributed by atoms with Crippen molar-refractivity contribution in [2.75, 3.05) is 0 Å². The summed E-state index contributed by atoms with van der Waals surface area (Å²) in [5, 5.41) is 10.2. The fourth-order valence-corrected chi connectivity index (χ4v) is 1.70. The summed E-state index contributed by atoms with van der Waals surface area (Å²) in [7, 11) is 0. The molecule has 0 amide bonds. The van der Waals surface area contributed by atoms with Crippen LogP contribution in [0.25, 0.3) is 22.3 Å². The van der Waals surface area contributed by atoms with Crippen molar-refractivity contribution in [2.45, 2.75) is 0 Å². The highest BCUT2D eigenvalue weighted by molar-refractivity contribution is 5.86. The van der Waals surface area contributed by atoms with Gasteiger partial charge in [-0.05, 0) is 11.6 Å². The summed E-state index contributed by atoms with van der Waals surface area (Å²) in [6.45, 7) is 0. The number of aromatic amines is 1. The molecule has 0 aliphatic heterocycles. The summed E-state index contributed by atoms with van der Waals surface area (Å²) in [6, 6.07) is 11.7. The van der Waals surface area contributed by atoms with Crippen molar-refractivity contribution in [2.24, 2.45) is 0 Å². The predicted molar refractivity (Wildman–Crippen MR) is 61.0 cm³/mol. The van der Waals surface area contributed by atoms with E-state index in [1.165, 1.54) is 6.33 Å². The van der Waals surface area contributed by atoms with Crippen molar-refractivity contribution in [1.82, 2.24) is 15.0 Å². The molecule has 0 unspecified atom stereocenters. The van der Waals surface area contributed by atoms with Crippen LogP contribution >= 0.6 is 0 Å². The van der Waals surface area contributed by atoms with Crippen molar-refractivity contribution >= 4 is 11.0 Å². The molecule has 2 heterocycles. The van der Waals surface area contributed by atoms with Crippen LogP contribution in [0.3, 0.4) is 0 Å². The van der Waals surface area contributed by atoms with Gasteiger partial charge in [0, 0.05) is 5.69 Å². The van der Waals surface area contributed by atoms with Gasteiger partial charge in [0.25, 0.3) is 0 Å². The molecule has 0 saturated heterocycles. The Morgan fingerprint density at radius 1 is 1.06 bits per heavy atom. The first-order valence-corrected chi connectivity index (χ1v) is 4.93. The Labute approximate surface area is 91.6 Å². The lowest BCUT2D eigenvalue weighted by atomic mass is 10.1. The number of aromatic hydroxyl groups is 1. The molecular weight excluding hydrogens is 202 g/mol. The second-order valence-electron chi connectivity index (χ2n) is 3.51. The fourth-order valence-electron chi connectivity index (χ4n) is 1.70. The largest absolute Gasteiger partial charge is 0.493 e. The number of nitrogens with zero attached hydrogens (tertiary/aromatic N) is 2. The number of rotatable bonds is 1. The molecule has 1 aromatic carbocycles. The van der Waals surface area contributed by atoms with Crippen LogP contribution in [-0.4, -0.2) is 20.1 Å². The quantitative estimate of drug-likeness (QED) is 0.649. The number of nitrogens with one attached hydrogen (secondary N) is 1. The Balaban J connectivity index is 2.23. The second-order valence-corrected chi connectivity index (χ2v) is 3.51. The predicted octanol–water partition coefficient (Wildman–Crippen LogP) is 2.33. The van der Waals surface area contributed by atoms with Crippen LogP contribution in [0.1, 0.15) is 0 Å². The van der Waals surface area contributed by atoms with Crippen LogP contribution in [0.15, 0.2) is 42.7 Å². The maximum atomic E-state index is 9.56. The minimum absolute atomic E-state index is 0.00318. The van der Waals surface area contributed by atoms with E-state index in [0.717, 1.165) is 11.3 Å². The zero-order valence-corrected chi connectivity index (χ0v) is 8.38. The van der Waals surface area contributed by atoms with E-state index in [1.807, 2.05) is 36.4 Å². The molecule has 0 aliphatic rings. The number of benzene rings is 1. The normalized spacial score (nSPS) is 10.8. The molecule has 0 spiro atoms. The molecule has 0 atom stereocenters. The number of H-pyrrole nitrogens is 1. The number of hydrogen-bond acceptors (Lipinski definition) is 3. The first-order chi connectivity index (χ1) is 7.84. The van der Waals surface area contributed by atoms with E-state index >= 15 is 0 Å². The van der Waals surface area contributed by atoms with Gasteiger partial charge in [-0.3, -0.25) is 0 Å². The van der Waals surface area contributed by atoms with Gasteiger partial charge < -0.3 is 10.1 Å². The first kappa shape index (κ1) is 8.91. The zero-order valence-electron chi connectivity index (χ0n) is 8.38. The maximum Gasteiger partial charge on any atom is 0.223 e. The maximum absolute atomic E-state index is 9.56. The number of aromatic nitrogens is 3. The van der Waals surface area contributed by atoms with E-state index in [1.54, 1.807) is 0 Å². The Kier molecular flexibility index (Phi) is 1.86. The van der Waals surface area contributed by atoms with Gasteiger partial charge in [0.2, 0.25) is 5.88 Å². The average molecular weight is 211 g/mol. The second kappa shape index (κ2) is 3.34. The topological polar surface area (TPSA) is 61.8 Å². The van der Waals surface area contributed by atoms with E-state index < -0.39 is 0 Å². The molecule has 2 aromatic heterocycles. The monoisotopic (exact) mass is 211 g/mol. The molecule has 3 aromatic rings. The molecule has 78 valence electrons. The number of fused-ring (bicyclic) bond motifs is 1. The molecule has 0 bridgehead atoms. The van der Waals surface area contributed by atoms with Crippen molar-refractivity contribution in [3.8, 4) is 17.1 Å². The van der Waals surface area contributed by atoms with Gasteiger partial charge in [0.05, 0.1) is 5.39 Å². The molecule has 16 heavy (non-hydrogen) atoms. The third kappa shape index (κ3) is 1.32. The zero-order chi connectivity index (χ0) is 11.0. The van der Waals surface area contributed by atoms with E-state index in [2.05, 4.69) is 15.0 Å². The van der Waals surface area contributed by atoms with E-state index in [4.69, 9.17) is 0 Å². The molecule has 0 radical (unpaired) electrons. The Hall–Kier alpha value is -2.36. The van der Waals surface area contributed by atoms with Crippen molar-refractivity contribution in [3.63, 3.8) is 0 Å². The highest BCUT2D eigenvalue weighted by Crippen LogP contribution is 2.26. The lowest BCUT2D eigenvalue weighted by Gasteiger charge is -1.94. The highest BCUT2D eigenvalue weighted by atomic mass is 16.3. The molecule has 4 nitrogen and oxygen atoms in total. The van der Waals surface area contributed by atoms with E-state index in [-0.39, 0.29) is 5.88 Å². The Bertz CT molecular complexity index is 631. The fraction of sp³-hybridized carbons (Fsp3) is 0. The van der Waals surface area contributed by atoms with E-state index in [9.17, 15) is 5.11 Å². The molecule has 0 aliphatic carbocycles. The summed E-state index contributed by atoms with van der Waals surface area (Å²) in [5.41, 5.74) is 2.62. The third-order valence-corrected chi connectivity index (χ3v) is 2.49. The minimum atomic E-state index is 0.00318. The molecule has 0 fully saturated rings. The third-order valence-electron chi connectivity index (χ3n) is 2.49. The van der Waals surface area contributed by atoms with Crippen LogP contribution < -0.4 is 0 Å². The van der Waals surface area contributed by atoms with Gasteiger partial charge in [0.1, 0.15) is 12.0 Å². The molecule has 0 saturated carbocycles. The van der Waals surface area contributed by atoms with Crippen molar-refractivity contribution in [1.29, 1.82) is 0 Å². The molecular formula is C12H9N3O. The summed E-state index contributed by atoms with van der Waals surface area (Å²) < 4.78 is 0. The molecule has 4 heteroatoms. The van der Waals surface area contributed by atoms with Gasteiger partial charge in [-0.1, -0.05) is 30.3 Å². The highest BCUT2D eigenvalue weighted by Gasteiger charge is 2.07. The van der Waals surface area contributed by atoms with E-state index in [0.29, 0.717) is 11.0 Å². The summed E-state index contributed by atoms with van der Waals surface area (Å²) in [5.74, 6) is 0.00318. The van der Waals surface area contributed by atoms with Crippen molar-refractivity contribution in [3.05, 3.63) is 42.7 Å². The molecule has 3 rings (SSSR count). The lowest BCUT2D eigenvalue weighted by molar-refractivity contribution is 0.459. The van der Waals surface area contributed by atoms with Gasteiger partial charge in [0.15, 0.2) is 0 Å². The SMILES string of the molecule is Oc1ncnc2[nH]c(-c3ccccc3)cc12. The standard InChI is InChI=1S/C12H9N3O/c16-12-9-6-10(8-4-2-1-3-5-8)15-11(9)13-7-14-12/h1-7H,(H2,13,14,15,16). The van der Waals surface area contributed by atoms with Crippen LogP contribution in [0.2, 0.25) is 0 Å². The first-order valence-electron chi connectivity index (χ1n) is 4.93. The van der Waals surface area contributed by atoms with Gasteiger partial charge in [-0.25, -0.2) is 9.97 Å². The van der Waals surface area contributed by atoms with Crippen LogP contribution in [0.5, 0.6) is 5.88 Å². The summed E-state index contributed by atoms with van der Waals surface area (Å²) in [6.07, 6.45) is 1.34. The van der Waals surface area contributed by atoms with Crippen LogP contribution in [-0.2, 0) is 0 Å². The Morgan fingerprint density at radius 3 is 2.62 bits per heavy atom. The van der Waals surface area contributed by atoms with Crippen LogP contribution in [0.4, 0.5) is 0 Å². The smallest absolute Gasteiger partial charge is 0.223 e. The Morgan fingerprint density at radius 2 is 1.88 bits per heavy atom. The lowest BCUT2D eigenvalue weighted by Crippen LogP contribution is -1.79. The minimum Gasteiger partial charge on any atom is -0.493 e. The van der Waals surface area contributed by atoms with Crippen LogP contribution in [0, 0.1) is 0 Å². The molecule has 2 N–H and O–H groups in total. The summed E-state index contributed by atoms with van der Waals surface area (Å²) in [4.78, 5) is 10.9. The van der Waals surface area contributed by atoms with Gasteiger partial charge >= 0.3 is 0 Å².